The topological polar surface area (TPSA) is 140 Å². The van der Waals surface area contributed by atoms with Crippen molar-refractivity contribution in [2.45, 2.75) is 37.4 Å². The molecule has 252 valence electrons. The van der Waals surface area contributed by atoms with Crippen LogP contribution >= 0.6 is 0 Å². The zero-order valence-corrected chi connectivity index (χ0v) is 32.8. The summed E-state index contributed by atoms with van der Waals surface area (Å²) in [5.41, 5.74) is -0.660. The maximum absolute atomic E-state index is 11.1. The van der Waals surface area contributed by atoms with Crippen LogP contribution in [0.1, 0.15) is 19.3 Å². The number of hydrogen-bond acceptors (Lipinski definition) is 13. The molecule has 0 aromatic rings. The third-order valence-corrected chi connectivity index (χ3v) is 15.4. The SMILES string of the molecule is CO[Si](CCCOCC(CN[C-]=O)(COCCC[Si](OC)(OC)OC)COCCC[Si](OC)(OC)OC)(OC)OC.[W]. The molecule has 0 aliphatic rings. The first-order valence-electron chi connectivity index (χ1n) is 13.5. The van der Waals surface area contributed by atoms with Crippen LogP contribution in [0.3, 0.4) is 0 Å². The van der Waals surface area contributed by atoms with Gasteiger partial charge in [0.25, 0.3) is 0 Å². The summed E-state index contributed by atoms with van der Waals surface area (Å²) in [5, 5.41) is 2.66. The fourth-order valence-electron chi connectivity index (χ4n) is 4.21. The maximum atomic E-state index is 11.1. The van der Waals surface area contributed by atoms with E-state index in [1.165, 1.54) is 0 Å². The molecule has 0 saturated heterocycles. The van der Waals surface area contributed by atoms with Crippen molar-refractivity contribution in [3.8, 4) is 0 Å². The predicted octanol–water partition coefficient (Wildman–Crippen LogP) is 1.48. The molecule has 1 amide bonds. The second kappa shape index (κ2) is 25.5. The molecule has 0 aromatic carbocycles. The van der Waals surface area contributed by atoms with Gasteiger partial charge < -0.3 is 64.2 Å². The van der Waals surface area contributed by atoms with Crippen LogP contribution < -0.4 is 5.32 Å². The first-order chi connectivity index (χ1) is 19.7. The van der Waals surface area contributed by atoms with E-state index in [-0.39, 0.29) is 47.4 Å². The molecular weight excluding hydrogens is 778 g/mol. The number of nitrogens with one attached hydrogen (secondary N) is 1. The molecule has 1 N–H and O–H groups in total. The van der Waals surface area contributed by atoms with Gasteiger partial charge in [0.1, 0.15) is 0 Å². The van der Waals surface area contributed by atoms with Gasteiger partial charge in [0.05, 0.1) is 25.2 Å². The van der Waals surface area contributed by atoms with Crippen LogP contribution in [0, 0.1) is 5.41 Å². The molecule has 0 aliphatic heterocycles. The Morgan fingerprint density at radius 1 is 0.524 bits per heavy atom. The van der Waals surface area contributed by atoms with Crippen molar-refractivity contribution in [2.75, 3.05) is 110 Å². The number of amides is 1. The van der Waals surface area contributed by atoms with Gasteiger partial charge in [0.2, 0.25) is 0 Å². The van der Waals surface area contributed by atoms with E-state index in [2.05, 4.69) is 5.32 Å². The average molecular weight is 833 g/mol. The number of hydrogen-bond donors (Lipinski definition) is 1. The predicted molar refractivity (Wildman–Crippen MR) is 157 cm³/mol. The number of rotatable bonds is 30. The Bertz CT molecular complexity index is 550. The molecule has 18 heteroatoms. The van der Waals surface area contributed by atoms with Crippen molar-refractivity contribution in [1.82, 2.24) is 5.32 Å². The number of ether oxygens (including phenoxy) is 3. The molecule has 0 aliphatic carbocycles. The second-order valence-corrected chi connectivity index (χ2v) is 18.6. The smallest absolute Gasteiger partial charge is 0.500 e. The first-order valence-corrected chi connectivity index (χ1v) is 19.3. The Morgan fingerprint density at radius 3 is 1.00 bits per heavy atom. The van der Waals surface area contributed by atoms with Gasteiger partial charge >= 0.3 is 26.4 Å². The van der Waals surface area contributed by atoms with Gasteiger partial charge in [0.15, 0.2) is 0 Å². The monoisotopic (exact) mass is 832 g/mol. The van der Waals surface area contributed by atoms with E-state index >= 15 is 0 Å². The third kappa shape index (κ3) is 16.1. The summed E-state index contributed by atoms with van der Waals surface area (Å²) in [6, 6.07) is 1.81. The standard InChI is InChI=1S/C24H54NO13Si3.W/c1-27-39(28-2,29-3)16-10-13-36-20-24(19-25-23-26,21-37-14-11-17-40(30-4,31-5)32-6)22-38-15-12-18-41(33-7,34-8)35-9;/h10-22H2,1-9H3,(H,25,26);/q-1;. The molecule has 0 bridgehead atoms. The molecule has 0 rings (SSSR count). The van der Waals surface area contributed by atoms with Crippen molar-refractivity contribution in [3.05, 3.63) is 0 Å². The molecule has 0 fully saturated rings. The minimum Gasteiger partial charge on any atom is -0.529 e. The van der Waals surface area contributed by atoms with Crippen LogP contribution in [0.25, 0.3) is 0 Å². The summed E-state index contributed by atoms with van der Waals surface area (Å²) >= 11 is 0. The first kappa shape index (κ1) is 44.5. The molecule has 14 nitrogen and oxygen atoms in total. The van der Waals surface area contributed by atoms with Crippen molar-refractivity contribution < 1.29 is 79.9 Å². The maximum Gasteiger partial charge on any atom is 0.500 e. The Kier molecular flexibility index (Phi) is 27.0. The largest absolute Gasteiger partial charge is 0.529 e. The van der Waals surface area contributed by atoms with E-state index in [0.29, 0.717) is 57.2 Å². The van der Waals surface area contributed by atoms with Crippen LogP contribution in [0.4, 0.5) is 0 Å². The molecule has 0 aromatic heterocycles. The van der Waals surface area contributed by atoms with E-state index in [1.807, 2.05) is 0 Å². The molecule has 0 heterocycles. The quantitative estimate of drug-likeness (QED) is 0.0485. The third-order valence-electron chi connectivity index (χ3n) is 6.87. The summed E-state index contributed by atoms with van der Waals surface area (Å²) in [6.07, 6.45) is 3.76. The van der Waals surface area contributed by atoms with Crippen LogP contribution in [-0.2, 0) is 79.9 Å². The van der Waals surface area contributed by atoms with Crippen LogP contribution in [0.2, 0.25) is 18.1 Å². The van der Waals surface area contributed by atoms with Gasteiger partial charge in [-0.15, -0.1) is 0 Å². The Morgan fingerprint density at radius 2 is 0.786 bits per heavy atom. The minimum atomic E-state index is -2.69. The zero-order valence-electron chi connectivity index (χ0n) is 26.9. The van der Waals surface area contributed by atoms with Crippen LogP contribution in [0.5, 0.6) is 0 Å². The van der Waals surface area contributed by atoms with E-state index in [1.54, 1.807) is 70.4 Å². The van der Waals surface area contributed by atoms with E-state index in [9.17, 15) is 4.79 Å². The van der Waals surface area contributed by atoms with E-state index in [4.69, 9.17) is 54.0 Å². The minimum absolute atomic E-state index is 0. The summed E-state index contributed by atoms with van der Waals surface area (Å²) in [7, 11) is 6.16. The zero-order chi connectivity index (χ0) is 31.1. The molecule has 0 unspecified atom stereocenters. The van der Waals surface area contributed by atoms with Crippen molar-refractivity contribution >= 4 is 32.8 Å². The van der Waals surface area contributed by atoms with Gasteiger partial charge in [-0.05, 0) is 25.8 Å². The summed E-state index contributed by atoms with van der Waals surface area (Å²) < 4.78 is 67.6. The molecule has 0 spiro atoms. The molecule has 0 radical (unpaired) electrons. The average Bonchev–Trinajstić information content (AvgIpc) is 3.02. The summed E-state index contributed by atoms with van der Waals surface area (Å²) in [4.78, 5) is 11.1. The molecule has 0 saturated carbocycles. The Balaban J connectivity index is 0. The summed E-state index contributed by atoms with van der Waals surface area (Å²) in [6.45, 7) is 2.40. The van der Waals surface area contributed by atoms with Gasteiger partial charge in [0, 0.05) is 123 Å². The van der Waals surface area contributed by atoms with Crippen molar-refractivity contribution in [1.29, 1.82) is 0 Å². The van der Waals surface area contributed by atoms with Gasteiger partial charge in [-0.3, -0.25) is 0 Å². The summed E-state index contributed by atoms with van der Waals surface area (Å²) in [5.74, 6) is 0. The molecule has 0 atom stereocenters. The van der Waals surface area contributed by atoms with E-state index < -0.39 is 31.8 Å². The molecular formula is C24H54NO13Si3W-. The second-order valence-electron chi connectivity index (χ2n) is 9.31. The number of carbonyl (C=O) groups excluding carboxylic acids is 1. The van der Waals surface area contributed by atoms with Gasteiger partial charge in [-0.2, -0.15) is 6.41 Å². The normalized spacial score (nSPS) is 12.8. The van der Waals surface area contributed by atoms with Crippen molar-refractivity contribution in [3.63, 3.8) is 0 Å². The van der Waals surface area contributed by atoms with Crippen molar-refractivity contribution in [2.24, 2.45) is 5.41 Å². The van der Waals surface area contributed by atoms with E-state index in [0.717, 1.165) is 0 Å². The fourth-order valence-corrected chi connectivity index (χ4v) is 9.28. The Labute approximate surface area is 270 Å². The Hall–Kier alpha value is 0.329. The van der Waals surface area contributed by atoms with Crippen LogP contribution in [0.15, 0.2) is 0 Å². The van der Waals surface area contributed by atoms with Gasteiger partial charge in [-0.1, -0.05) is 0 Å². The molecule has 42 heavy (non-hydrogen) atoms. The van der Waals surface area contributed by atoms with Crippen LogP contribution in [-0.4, -0.2) is 143 Å². The fraction of sp³-hybridized carbons (Fsp3) is 0.958. The van der Waals surface area contributed by atoms with Gasteiger partial charge in [-0.25, -0.2) is 0 Å².